The molecule has 38 heavy (non-hydrogen) atoms. The second kappa shape index (κ2) is 10.9. The van der Waals surface area contributed by atoms with Crippen LogP contribution in [0, 0.1) is 6.92 Å². The number of thiazole rings is 1. The molecule has 9 nitrogen and oxygen atoms in total. The minimum absolute atomic E-state index is 0.0403. The van der Waals surface area contributed by atoms with Crippen molar-refractivity contribution in [3.63, 3.8) is 0 Å². The third kappa shape index (κ3) is 5.30. The topological polar surface area (TPSA) is 100 Å². The Labute approximate surface area is 231 Å². The van der Waals surface area contributed by atoms with Gasteiger partial charge in [-0.15, -0.1) is 11.3 Å². The Balaban J connectivity index is 1.45. The fourth-order valence-electron chi connectivity index (χ4n) is 5.01. The van der Waals surface area contributed by atoms with Gasteiger partial charge < -0.3 is 14.5 Å². The summed E-state index contributed by atoms with van der Waals surface area (Å²) < 4.78 is 34.7. The lowest BCUT2D eigenvalue weighted by molar-refractivity contribution is -0.146. The summed E-state index contributed by atoms with van der Waals surface area (Å²) in [6.45, 7) is 5.69. The van der Waals surface area contributed by atoms with Gasteiger partial charge in [-0.1, -0.05) is 23.7 Å². The van der Waals surface area contributed by atoms with Gasteiger partial charge in [-0.25, -0.2) is 13.4 Å². The van der Waals surface area contributed by atoms with E-state index in [2.05, 4.69) is 4.98 Å². The molecule has 2 aliphatic heterocycles. The number of nitrogens with zero attached hydrogens (tertiary/aromatic N) is 4. The molecule has 2 amide bonds. The summed E-state index contributed by atoms with van der Waals surface area (Å²) >= 11 is 7.52. The Morgan fingerprint density at radius 2 is 1.89 bits per heavy atom. The Hall–Kier alpha value is -2.57. The zero-order valence-electron chi connectivity index (χ0n) is 21.2. The molecule has 0 spiro atoms. The number of carbonyl (C=O) groups is 2. The number of likely N-dealkylation sites (tertiary alicyclic amines) is 1. The molecule has 2 aromatic carbocycles. The minimum atomic E-state index is -4.09. The first-order chi connectivity index (χ1) is 18.1. The Bertz CT molecular complexity index is 1470. The van der Waals surface area contributed by atoms with Crippen LogP contribution in [-0.4, -0.2) is 84.3 Å². The number of aromatic nitrogens is 1. The van der Waals surface area contributed by atoms with Crippen molar-refractivity contribution in [1.82, 2.24) is 19.1 Å². The molecule has 5 rings (SSSR count). The zero-order valence-corrected chi connectivity index (χ0v) is 23.6. The molecule has 1 aromatic heterocycles. The summed E-state index contributed by atoms with van der Waals surface area (Å²) in [4.78, 5) is 34.5. The van der Waals surface area contributed by atoms with E-state index in [1.807, 2.05) is 12.3 Å². The summed E-state index contributed by atoms with van der Waals surface area (Å²) in [7, 11) is -4.09. The van der Waals surface area contributed by atoms with Crippen LogP contribution in [-0.2, 0) is 30.9 Å². The number of amides is 2. The smallest absolute Gasteiger partial charge is 0.245 e. The summed E-state index contributed by atoms with van der Waals surface area (Å²) in [5.41, 5.74) is 0.576. The van der Waals surface area contributed by atoms with Crippen molar-refractivity contribution >= 4 is 55.5 Å². The standard InChI is InChI=1S/C26H29ClN4O5S2/c1-17(25(32)29-9-11-36-12-10-29)30-8-7-24(26(30)33)31(15-22-16-37-18(2)28-22)38(34,35)23-6-4-19-13-21(27)5-3-20(19)14-23/h3-6,13-14,16-17,24H,7-12,15H2,1-2H3/t17-,24-/m0/s1. The molecule has 0 bridgehead atoms. The van der Waals surface area contributed by atoms with Gasteiger partial charge >= 0.3 is 0 Å². The number of hydrogen-bond donors (Lipinski definition) is 0. The number of halogens is 1. The second-order valence-corrected chi connectivity index (χ2v) is 12.9. The number of sulfonamides is 1. The molecule has 3 aromatic rings. The third-order valence-electron chi connectivity index (χ3n) is 7.07. The molecule has 2 saturated heterocycles. The van der Waals surface area contributed by atoms with Gasteiger partial charge in [0.2, 0.25) is 21.8 Å². The highest BCUT2D eigenvalue weighted by Gasteiger charge is 2.45. The summed E-state index contributed by atoms with van der Waals surface area (Å²) in [5.74, 6) is -0.526. The van der Waals surface area contributed by atoms with Gasteiger partial charge in [0.1, 0.15) is 12.1 Å². The molecule has 0 saturated carbocycles. The van der Waals surface area contributed by atoms with Crippen LogP contribution in [0.1, 0.15) is 24.0 Å². The molecule has 0 N–H and O–H groups in total. The zero-order chi connectivity index (χ0) is 27.0. The van der Waals surface area contributed by atoms with Gasteiger partial charge in [0, 0.05) is 30.0 Å². The number of morpholine rings is 1. The quantitative estimate of drug-likeness (QED) is 0.428. The number of aryl methyl sites for hydroxylation is 1. The lowest BCUT2D eigenvalue weighted by Crippen LogP contribution is -2.53. The van der Waals surface area contributed by atoms with E-state index in [1.165, 1.54) is 26.6 Å². The van der Waals surface area contributed by atoms with Crippen molar-refractivity contribution in [3.05, 3.63) is 57.5 Å². The van der Waals surface area contributed by atoms with Gasteiger partial charge in [0.25, 0.3) is 0 Å². The molecular formula is C26H29ClN4O5S2. The van der Waals surface area contributed by atoms with Crippen LogP contribution < -0.4 is 0 Å². The van der Waals surface area contributed by atoms with Crippen LogP contribution in [0.25, 0.3) is 10.8 Å². The van der Waals surface area contributed by atoms with Crippen molar-refractivity contribution in [1.29, 1.82) is 0 Å². The molecule has 2 aliphatic rings. The maximum Gasteiger partial charge on any atom is 0.245 e. The van der Waals surface area contributed by atoms with Crippen LogP contribution in [0.15, 0.2) is 46.7 Å². The van der Waals surface area contributed by atoms with E-state index < -0.39 is 22.1 Å². The molecule has 12 heteroatoms. The highest BCUT2D eigenvalue weighted by molar-refractivity contribution is 7.89. The third-order valence-corrected chi connectivity index (χ3v) is 9.98. The largest absolute Gasteiger partial charge is 0.378 e. The number of fused-ring (bicyclic) bond motifs is 1. The van der Waals surface area contributed by atoms with Gasteiger partial charge in [-0.3, -0.25) is 9.59 Å². The molecule has 2 fully saturated rings. The Morgan fingerprint density at radius 3 is 2.61 bits per heavy atom. The van der Waals surface area contributed by atoms with Crippen LogP contribution >= 0.6 is 22.9 Å². The van der Waals surface area contributed by atoms with Crippen LogP contribution in [0.3, 0.4) is 0 Å². The predicted octanol–water partition coefficient (Wildman–Crippen LogP) is 3.30. The van der Waals surface area contributed by atoms with E-state index in [1.54, 1.807) is 42.2 Å². The minimum Gasteiger partial charge on any atom is -0.378 e. The summed E-state index contributed by atoms with van der Waals surface area (Å²) in [5, 5.41) is 4.72. The highest BCUT2D eigenvalue weighted by atomic mass is 35.5. The van der Waals surface area contributed by atoms with Crippen LogP contribution in [0.4, 0.5) is 0 Å². The number of ether oxygens (including phenoxy) is 1. The van der Waals surface area contributed by atoms with Crippen molar-refractivity contribution in [3.8, 4) is 0 Å². The lowest BCUT2D eigenvalue weighted by atomic mass is 10.1. The van der Waals surface area contributed by atoms with E-state index in [0.717, 1.165) is 15.8 Å². The van der Waals surface area contributed by atoms with Crippen molar-refractivity contribution in [2.24, 2.45) is 0 Å². The number of carbonyl (C=O) groups excluding carboxylic acids is 2. The van der Waals surface area contributed by atoms with E-state index in [0.29, 0.717) is 43.6 Å². The summed E-state index contributed by atoms with van der Waals surface area (Å²) in [6.07, 6.45) is 0.283. The normalized spacial score (nSPS) is 19.5. The SMILES string of the molecule is Cc1nc(CN([C@H]2CCN([C@@H](C)C(=O)N3CCOCC3)C2=O)S(=O)(=O)c2ccc3cc(Cl)ccc3c2)cs1. The second-order valence-electron chi connectivity index (χ2n) is 9.51. The van der Waals surface area contributed by atoms with E-state index in [9.17, 15) is 18.0 Å². The predicted molar refractivity (Wildman–Crippen MR) is 146 cm³/mol. The fraction of sp³-hybridized carbons (Fsp3) is 0.423. The first-order valence-corrected chi connectivity index (χ1v) is 15.1. The van der Waals surface area contributed by atoms with Crippen molar-refractivity contribution < 1.29 is 22.7 Å². The van der Waals surface area contributed by atoms with E-state index in [4.69, 9.17) is 16.3 Å². The average molecular weight is 577 g/mol. The first kappa shape index (κ1) is 27.0. The van der Waals surface area contributed by atoms with E-state index in [-0.39, 0.29) is 29.7 Å². The van der Waals surface area contributed by atoms with Crippen molar-refractivity contribution in [2.75, 3.05) is 32.8 Å². The number of hydrogen-bond acceptors (Lipinski definition) is 7. The Morgan fingerprint density at radius 1 is 1.18 bits per heavy atom. The molecule has 202 valence electrons. The monoisotopic (exact) mass is 576 g/mol. The van der Waals surface area contributed by atoms with E-state index >= 15 is 0 Å². The molecule has 2 atom stereocenters. The number of rotatable bonds is 7. The van der Waals surface area contributed by atoms with Gasteiger partial charge in [-0.2, -0.15) is 4.31 Å². The molecular weight excluding hydrogens is 548 g/mol. The highest BCUT2D eigenvalue weighted by Crippen LogP contribution is 2.30. The first-order valence-electron chi connectivity index (χ1n) is 12.4. The van der Waals surface area contributed by atoms with Crippen molar-refractivity contribution in [2.45, 2.75) is 43.8 Å². The lowest BCUT2D eigenvalue weighted by Gasteiger charge is -2.33. The maximum atomic E-state index is 14.1. The summed E-state index contributed by atoms with van der Waals surface area (Å²) in [6, 6.07) is 8.47. The molecule has 3 heterocycles. The average Bonchev–Trinajstić information content (AvgIpc) is 3.50. The van der Waals surface area contributed by atoms with Gasteiger partial charge in [0.05, 0.1) is 35.4 Å². The molecule has 0 unspecified atom stereocenters. The Kier molecular flexibility index (Phi) is 7.74. The van der Waals surface area contributed by atoms with Crippen LogP contribution in [0.5, 0.6) is 0 Å². The fourth-order valence-corrected chi connectivity index (χ4v) is 7.42. The number of benzene rings is 2. The molecule has 0 radical (unpaired) electrons. The van der Waals surface area contributed by atoms with Gasteiger partial charge in [-0.05, 0) is 55.3 Å². The molecule has 0 aliphatic carbocycles. The van der Waals surface area contributed by atoms with Gasteiger partial charge in [0.15, 0.2) is 0 Å². The van der Waals surface area contributed by atoms with Crippen LogP contribution in [0.2, 0.25) is 5.02 Å². The maximum absolute atomic E-state index is 14.1.